The maximum Gasteiger partial charge on any atom is 0.298 e. The van der Waals surface area contributed by atoms with E-state index >= 15 is 0 Å². The number of benzene rings is 4. The van der Waals surface area contributed by atoms with Crippen molar-refractivity contribution in [2.45, 2.75) is 81.4 Å². The van der Waals surface area contributed by atoms with Gasteiger partial charge in [-0.25, -0.2) is 4.98 Å². The van der Waals surface area contributed by atoms with Crippen molar-refractivity contribution < 1.29 is 48.3 Å². The molecule has 6 aromatic rings. The van der Waals surface area contributed by atoms with Gasteiger partial charge in [0.2, 0.25) is 0 Å². The molecule has 4 aromatic carbocycles. The number of hydrogen-bond donors (Lipinski definition) is 2. The van der Waals surface area contributed by atoms with Gasteiger partial charge in [0.15, 0.2) is 11.6 Å². The lowest BCUT2D eigenvalue weighted by atomic mass is 9.87. The molecule has 0 unspecified atom stereocenters. The summed E-state index contributed by atoms with van der Waals surface area (Å²) in [5, 5.41) is 23.8. The number of Topliss-reactive ketones (excluding diaryl/α,β-unsaturated/α-hetero) is 2. The quantitative estimate of drug-likeness (QED) is 0.0704. The summed E-state index contributed by atoms with van der Waals surface area (Å²) in [6.07, 6.45) is 2.44. The predicted molar refractivity (Wildman–Crippen MR) is 242 cm³/mol. The molecular weight excluding hydrogens is 827 g/mol. The minimum absolute atomic E-state index is 0.0226. The van der Waals surface area contributed by atoms with Gasteiger partial charge in [0, 0.05) is 35.0 Å². The highest BCUT2D eigenvalue weighted by Gasteiger charge is 2.23. The molecule has 6 rings (SSSR count). The summed E-state index contributed by atoms with van der Waals surface area (Å²) in [7, 11) is 0. The third kappa shape index (κ3) is 12.9. The second kappa shape index (κ2) is 20.5. The first kappa shape index (κ1) is 46.8. The van der Waals surface area contributed by atoms with E-state index < -0.39 is 0 Å². The number of phenols is 2. The molecule has 0 aliphatic heterocycles. The molecule has 11 nitrogen and oxygen atoms in total. The van der Waals surface area contributed by atoms with E-state index in [2.05, 4.69) is 4.98 Å². The van der Waals surface area contributed by atoms with Gasteiger partial charge < -0.3 is 29.2 Å². The third-order valence-corrected chi connectivity index (χ3v) is 11.3. The number of nitrogens with zero attached hydrogens (tertiary/aromatic N) is 1. The number of thiazole rings is 1. The number of carbonyl (C=O) groups excluding carboxylic acids is 4. The Hall–Kier alpha value is -6.31. The first-order valence-electron chi connectivity index (χ1n) is 19.8. The monoisotopic (exact) mass is 877 g/mol. The van der Waals surface area contributed by atoms with Gasteiger partial charge >= 0.3 is 0 Å². The molecule has 0 spiro atoms. The van der Waals surface area contributed by atoms with Gasteiger partial charge in [-0.2, -0.15) is 0 Å². The van der Waals surface area contributed by atoms with Crippen LogP contribution in [0.3, 0.4) is 0 Å². The standard InChI is InChI=1S/C25H26O5S.C24H25NO5S/c1-16-23(9-8-21(24(16)28)22(27)12-25(2,3)4)29-13-20-11-18(14-31-20)17-6-5-7-19(10-17)30-15-26;1-15-20(9-8-18(23(15)28)19(27)11-24(2,3)4)29-13-22-25-12-21(31-22)16-6-5-7-17(10-16)30-14-26/h5-11,14-15,28H,12-13H2,1-4H3;5-10,12,14,28H,11,13H2,1-4H3. The molecule has 0 saturated carbocycles. The van der Waals surface area contributed by atoms with Crippen molar-refractivity contribution in [2.75, 3.05) is 0 Å². The summed E-state index contributed by atoms with van der Waals surface area (Å²) >= 11 is 3.02. The zero-order valence-corrected chi connectivity index (χ0v) is 37.7. The minimum atomic E-state index is -0.159. The first-order valence-corrected chi connectivity index (χ1v) is 21.5. The molecule has 0 atom stereocenters. The number of aromatic nitrogens is 1. The molecule has 2 heterocycles. The summed E-state index contributed by atoms with van der Waals surface area (Å²) < 4.78 is 21.6. The van der Waals surface area contributed by atoms with Gasteiger partial charge in [-0.1, -0.05) is 65.8 Å². The zero-order chi connectivity index (χ0) is 45.2. The second-order valence-electron chi connectivity index (χ2n) is 17.0. The number of phenolic OH excluding ortho intramolecular Hbond substituents is 2. The summed E-state index contributed by atoms with van der Waals surface area (Å²) in [5.41, 5.74) is 4.24. The molecule has 0 bridgehead atoms. The van der Waals surface area contributed by atoms with Gasteiger partial charge in [-0.3, -0.25) is 19.2 Å². The summed E-state index contributed by atoms with van der Waals surface area (Å²) in [6.45, 7) is 16.8. The fourth-order valence-corrected chi connectivity index (χ4v) is 7.90. The Morgan fingerprint density at radius 2 is 1.16 bits per heavy atom. The maximum absolute atomic E-state index is 12.5. The highest BCUT2D eigenvalue weighted by atomic mass is 32.1. The van der Waals surface area contributed by atoms with Crippen molar-refractivity contribution in [3.63, 3.8) is 0 Å². The Labute approximate surface area is 369 Å². The van der Waals surface area contributed by atoms with Crippen molar-refractivity contribution >= 4 is 47.2 Å². The maximum atomic E-state index is 12.5. The number of ether oxygens (including phenoxy) is 4. The lowest BCUT2D eigenvalue weighted by molar-refractivity contribution is -0.121. The number of rotatable bonds is 16. The molecule has 0 aliphatic carbocycles. The number of carbonyl (C=O) groups is 4. The predicted octanol–water partition coefficient (Wildman–Crippen LogP) is 11.7. The Balaban J connectivity index is 0.000000234. The van der Waals surface area contributed by atoms with Crippen LogP contribution in [0.2, 0.25) is 0 Å². The summed E-state index contributed by atoms with van der Waals surface area (Å²) in [6, 6.07) is 23.2. The van der Waals surface area contributed by atoms with E-state index in [-0.39, 0.29) is 40.5 Å². The largest absolute Gasteiger partial charge is 0.507 e. The molecule has 13 heteroatoms. The van der Waals surface area contributed by atoms with E-state index in [1.54, 1.807) is 86.0 Å². The van der Waals surface area contributed by atoms with Gasteiger partial charge in [0.25, 0.3) is 12.9 Å². The smallest absolute Gasteiger partial charge is 0.298 e. The van der Waals surface area contributed by atoms with Crippen LogP contribution < -0.4 is 18.9 Å². The average Bonchev–Trinajstić information content (AvgIpc) is 3.89. The Morgan fingerprint density at radius 1 is 0.661 bits per heavy atom. The van der Waals surface area contributed by atoms with Gasteiger partial charge in [0.1, 0.15) is 52.7 Å². The van der Waals surface area contributed by atoms with Gasteiger partial charge in [0.05, 0.1) is 16.0 Å². The van der Waals surface area contributed by atoms with Crippen LogP contribution in [0, 0.1) is 24.7 Å². The Bertz CT molecular complexity index is 2370. The number of hydrogen-bond acceptors (Lipinski definition) is 13. The van der Waals surface area contributed by atoms with E-state index in [0.29, 0.717) is 77.6 Å². The minimum Gasteiger partial charge on any atom is -0.507 e. The molecule has 0 saturated heterocycles. The van der Waals surface area contributed by atoms with Crippen molar-refractivity contribution in [3.8, 4) is 56.1 Å². The van der Waals surface area contributed by atoms with Crippen LogP contribution in [0.4, 0.5) is 0 Å². The van der Waals surface area contributed by atoms with Crippen LogP contribution in [0.15, 0.2) is 90.4 Å². The SMILES string of the molecule is Cc1c(OCc2cc(-c3cccc(OC=O)c3)cs2)ccc(C(=O)CC(C)(C)C)c1O.Cc1c(OCc2ncc(-c3cccc(OC=O)c3)s2)ccc(C(=O)CC(C)(C)C)c1O. The average molecular weight is 878 g/mol. The lowest BCUT2D eigenvalue weighted by Gasteiger charge is -2.18. The molecule has 0 aliphatic rings. The highest BCUT2D eigenvalue weighted by molar-refractivity contribution is 7.15. The van der Waals surface area contributed by atoms with Crippen LogP contribution >= 0.6 is 22.7 Å². The van der Waals surface area contributed by atoms with Crippen LogP contribution in [-0.4, -0.2) is 39.7 Å². The molecule has 0 fully saturated rings. The highest BCUT2D eigenvalue weighted by Crippen LogP contribution is 2.37. The molecule has 2 N–H and O–H groups in total. The van der Waals surface area contributed by atoms with Crippen LogP contribution in [0.5, 0.6) is 34.5 Å². The second-order valence-corrected chi connectivity index (χ2v) is 19.1. The number of thiophene rings is 1. The van der Waals surface area contributed by atoms with E-state index in [9.17, 15) is 29.4 Å². The van der Waals surface area contributed by atoms with Crippen LogP contribution in [-0.2, 0) is 22.8 Å². The van der Waals surface area contributed by atoms with Crippen molar-refractivity contribution in [1.82, 2.24) is 4.98 Å². The fraction of sp³-hybridized carbons (Fsp3) is 0.286. The van der Waals surface area contributed by atoms with Crippen molar-refractivity contribution in [2.24, 2.45) is 10.8 Å². The zero-order valence-electron chi connectivity index (χ0n) is 36.1. The van der Waals surface area contributed by atoms with Gasteiger partial charge in [-0.15, -0.1) is 22.7 Å². The van der Waals surface area contributed by atoms with E-state index in [4.69, 9.17) is 18.9 Å². The molecular formula is C49H51NO10S2. The summed E-state index contributed by atoms with van der Waals surface area (Å²) in [5.74, 6) is 1.76. The number of ketones is 2. The van der Waals surface area contributed by atoms with E-state index in [1.807, 2.05) is 71.2 Å². The summed E-state index contributed by atoms with van der Waals surface area (Å²) in [4.78, 5) is 52.4. The molecule has 0 radical (unpaired) electrons. The third-order valence-electron chi connectivity index (χ3n) is 9.33. The topological polar surface area (TPSA) is 159 Å². The molecule has 62 heavy (non-hydrogen) atoms. The Kier molecular flexibility index (Phi) is 15.5. The van der Waals surface area contributed by atoms with E-state index in [0.717, 1.165) is 31.5 Å². The molecule has 324 valence electrons. The lowest BCUT2D eigenvalue weighted by Crippen LogP contribution is -2.13. The van der Waals surface area contributed by atoms with Crippen molar-refractivity contribution in [3.05, 3.63) is 123 Å². The van der Waals surface area contributed by atoms with E-state index in [1.165, 1.54) is 11.3 Å². The van der Waals surface area contributed by atoms with Crippen LogP contribution in [0.25, 0.3) is 21.6 Å². The Morgan fingerprint density at radius 3 is 1.68 bits per heavy atom. The van der Waals surface area contributed by atoms with Gasteiger partial charge in [-0.05, 0) is 101 Å². The normalized spacial score (nSPS) is 11.2. The van der Waals surface area contributed by atoms with Crippen molar-refractivity contribution in [1.29, 1.82) is 0 Å². The fourth-order valence-electron chi connectivity index (χ4n) is 6.27. The van der Waals surface area contributed by atoms with Crippen LogP contribution in [0.1, 0.15) is 96.1 Å². The first-order chi connectivity index (χ1) is 29.3. The molecule has 0 amide bonds. The molecule has 2 aromatic heterocycles. The number of aromatic hydroxyl groups is 2.